The van der Waals surface area contributed by atoms with Gasteiger partial charge in [0.05, 0.1) is 6.10 Å². The number of nitrogens with two attached hydrogens (primary N) is 1. The van der Waals surface area contributed by atoms with Crippen LogP contribution in [0.5, 0.6) is 0 Å². The summed E-state index contributed by atoms with van der Waals surface area (Å²) < 4.78 is 5.75. The van der Waals surface area contributed by atoms with Crippen LogP contribution in [0.15, 0.2) is 30.3 Å². The van der Waals surface area contributed by atoms with Crippen LogP contribution in [0.2, 0.25) is 0 Å². The summed E-state index contributed by atoms with van der Waals surface area (Å²) in [6.07, 6.45) is 4.22. The first-order chi connectivity index (χ1) is 12.9. The number of piperidine rings is 1. The lowest BCUT2D eigenvalue weighted by atomic mass is 9.54. The Morgan fingerprint density at radius 3 is 2.55 bits per heavy atom. The molecule has 0 radical (unpaired) electrons. The van der Waals surface area contributed by atoms with Crippen LogP contribution in [-0.4, -0.2) is 48.2 Å². The first-order valence-corrected chi connectivity index (χ1v) is 10.3. The van der Waals surface area contributed by atoms with Crippen LogP contribution in [0.1, 0.15) is 52.0 Å². The number of nitrogens with zero attached hydrogens (tertiary/aromatic N) is 1. The standard InChI is InChI=1S/C22H35N3O2.2ClH/c1-4-27-19-14-22(23,21(19,2)3)20(26)24-15-18-12-8-9-13-25(18)16-17-10-6-5-7-11-17;;/h5-7,10-11,18-19H,4,8-9,12-16,23H2,1-3H3,(H,24,26);2*1H. The molecule has 3 N–H and O–H groups in total. The zero-order valence-electron chi connectivity index (χ0n) is 17.9. The third-order valence-electron chi connectivity index (χ3n) is 6.71. The number of nitrogens with one attached hydrogen (secondary N) is 1. The predicted molar refractivity (Wildman–Crippen MR) is 123 cm³/mol. The molecule has 1 saturated heterocycles. The van der Waals surface area contributed by atoms with Crippen LogP contribution in [0.3, 0.4) is 0 Å². The summed E-state index contributed by atoms with van der Waals surface area (Å²) in [5, 5.41) is 3.17. The molecule has 1 heterocycles. The van der Waals surface area contributed by atoms with Gasteiger partial charge in [0.15, 0.2) is 0 Å². The molecule has 2 fully saturated rings. The number of hydrogen-bond donors (Lipinski definition) is 2. The number of likely N-dealkylation sites (tertiary alicyclic amines) is 1. The SMILES string of the molecule is CCOC1CC(N)(C(=O)NCC2CCCCN2Cc2ccccc2)C1(C)C.Cl.Cl. The molecule has 1 aliphatic carbocycles. The fourth-order valence-electron chi connectivity index (χ4n) is 4.51. The topological polar surface area (TPSA) is 67.6 Å². The summed E-state index contributed by atoms with van der Waals surface area (Å²) in [7, 11) is 0. The highest BCUT2D eigenvalue weighted by atomic mass is 35.5. The van der Waals surface area contributed by atoms with E-state index >= 15 is 0 Å². The summed E-state index contributed by atoms with van der Waals surface area (Å²) in [5.41, 5.74) is 6.65. The molecule has 1 aliphatic heterocycles. The molecule has 1 aromatic rings. The normalized spacial score (nSPS) is 28.4. The molecule has 3 atom stereocenters. The van der Waals surface area contributed by atoms with Crippen molar-refractivity contribution in [2.24, 2.45) is 11.1 Å². The Kier molecular flexibility index (Phi) is 9.90. The average Bonchev–Trinajstić information content (AvgIpc) is 2.67. The molecule has 2 aliphatic rings. The van der Waals surface area contributed by atoms with Crippen LogP contribution in [0.4, 0.5) is 0 Å². The third-order valence-corrected chi connectivity index (χ3v) is 6.71. The van der Waals surface area contributed by atoms with E-state index in [1.54, 1.807) is 0 Å². The number of carbonyl (C=O) groups is 1. The molecule has 0 aromatic heterocycles. The predicted octanol–water partition coefficient (Wildman–Crippen LogP) is 3.53. The van der Waals surface area contributed by atoms with Gasteiger partial charge in [-0.15, -0.1) is 24.8 Å². The number of benzene rings is 1. The number of amides is 1. The van der Waals surface area contributed by atoms with Crippen molar-refractivity contribution in [3.8, 4) is 0 Å². The van der Waals surface area contributed by atoms with Gasteiger partial charge in [-0.2, -0.15) is 0 Å². The smallest absolute Gasteiger partial charge is 0.240 e. The lowest BCUT2D eigenvalue weighted by molar-refractivity contribution is -0.170. The van der Waals surface area contributed by atoms with Crippen molar-refractivity contribution < 1.29 is 9.53 Å². The second-order valence-corrected chi connectivity index (χ2v) is 8.66. The van der Waals surface area contributed by atoms with Gasteiger partial charge >= 0.3 is 0 Å². The van der Waals surface area contributed by atoms with Gasteiger partial charge in [0, 0.05) is 37.6 Å². The molecule has 166 valence electrons. The summed E-state index contributed by atoms with van der Waals surface area (Å²) in [4.78, 5) is 15.4. The highest BCUT2D eigenvalue weighted by Crippen LogP contribution is 2.49. The van der Waals surface area contributed by atoms with Gasteiger partial charge in [-0.3, -0.25) is 9.69 Å². The van der Waals surface area contributed by atoms with E-state index in [2.05, 4.69) is 34.5 Å². The Morgan fingerprint density at radius 1 is 1.24 bits per heavy atom. The monoisotopic (exact) mass is 445 g/mol. The van der Waals surface area contributed by atoms with E-state index in [9.17, 15) is 4.79 Å². The first-order valence-electron chi connectivity index (χ1n) is 10.3. The molecule has 1 amide bonds. The van der Waals surface area contributed by atoms with Crippen molar-refractivity contribution in [2.45, 2.75) is 70.7 Å². The second kappa shape index (κ2) is 11.0. The van der Waals surface area contributed by atoms with E-state index in [0.717, 1.165) is 19.5 Å². The van der Waals surface area contributed by atoms with E-state index < -0.39 is 5.54 Å². The van der Waals surface area contributed by atoms with Crippen LogP contribution < -0.4 is 11.1 Å². The molecule has 29 heavy (non-hydrogen) atoms. The van der Waals surface area contributed by atoms with Gasteiger partial charge in [0.1, 0.15) is 5.54 Å². The summed E-state index contributed by atoms with van der Waals surface area (Å²) in [6, 6.07) is 10.9. The molecule has 0 bridgehead atoms. The van der Waals surface area contributed by atoms with Gasteiger partial charge in [-0.1, -0.05) is 50.6 Å². The fourth-order valence-corrected chi connectivity index (χ4v) is 4.51. The van der Waals surface area contributed by atoms with Crippen molar-refractivity contribution in [2.75, 3.05) is 19.7 Å². The van der Waals surface area contributed by atoms with Gasteiger partial charge in [-0.25, -0.2) is 0 Å². The summed E-state index contributed by atoms with van der Waals surface area (Å²) >= 11 is 0. The Balaban J connectivity index is 0.00000210. The van der Waals surface area contributed by atoms with Gasteiger partial charge < -0.3 is 15.8 Å². The van der Waals surface area contributed by atoms with E-state index in [4.69, 9.17) is 10.5 Å². The quantitative estimate of drug-likeness (QED) is 0.673. The van der Waals surface area contributed by atoms with Crippen molar-refractivity contribution in [3.05, 3.63) is 35.9 Å². The Hall–Kier alpha value is -0.850. The maximum absolute atomic E-state index is 12.9. The molecule has 1 saturated carbocycles. The largest absolute Gasteiger partial charge is 0.378 e. The van der Waals surface area contributed by atoms with Crippen molar-refractivity contribution in [1.29, 1.82) is 0 Å². The van der Waals surface area contributed by atoms with Gasteiger partial charge in [-0.05, 0) is 31.9 Å². The number of ether oxygens (including phenoxy) is 1. The summed E-state index contributed by atoms with van der Waals surface area (Å²) in [6.45, 7) is 9.41. The minimum absolute atomic E-state index is 0. The zero-order chi connectivity index (χ0) is 19.5. The zero-order valence-corrected chi connectivity index (χ0v) is 19.5. The minimum atomic E-state index is -0.842. The second-order valence-electron chi connectivity index (χ2n) is 8.66. The molecule has 3 unspecified atom stereocenters. The molecular weight excluding hydrogens is 409 g/mol. The van der Waals surface area contributed by atoms with E-state index in [1.165, 1.54) is 18.4 Å². The number of halogens is 2. The molecule has 1 aromatic carbocycles. The Morgan fingerprint density at radius 2 is 1.93 bits per heavy atom. The van der Waals surface area contributed by atoms with Crippen molar-refractivity contribution in [3.63, 3.8) is 0 Å². The van der Waals surface area contributed by atoms with E-state index in [1.807, 2.05) is 26.8 Å². The first kappa shape index (κ1) is 26.2. The summed E-state index contributed by atoms with van der Waals surface area (Å²) in [5.74, 6) is -0.0336. The number of carbonyl (C=O) groups excluding carboxylic acids is 1. The van der Waals surface area contributed by atoms with E-state index in [-0.39, 0.29) is 42.2 Å². The molecule has 5 nitrogen and oxygen atoms in total. The molecule has 3 rings (SSSR count). The number of hydrogen-bond acceptors (Lipinski definition) is 4. The highest BCUT2D eigenvalue weighted by Gasteiger charge is 2.62. The minimum Gasteiger partial charge on any atom is -0.378 e. The van der Waals surface area contributed by atoms with Crippen molar-refractivity contribution >= 4 is 30.7 Å². The van der Waals surface area contributed by atoms with Gasteiger partial charge in [0.2, 0.25) is 5.91 Å². The van der Waals surface area contributed by atoms with Gasteiger partial charge in [0.25, 0.3) is 0 Å². The molecular formula is C22H37Cl2N3O2. The lowest BCUT2D eigenvalue weighted by Gasteiger charge is -2.57. The van der Waals surface area contributed by atoms with Crippen LogP contribution in [0.25, 0.3) is 0 Å². The van der Waals surface area contributed by atoms with Crippen LogP contribution in [0, 0.1) is 5.41 Å². The maximum Gasteiger partial charge on any atom is 0.240 e. The van der Waals surface area contributed by atoms with Crippen molar-refractivity contribution in [1.82, 2.24) is 10.2 Å². The third kappa shape index (κ3) is 5.45. The molecule has 0 spiro atoms. The highest BCUT2D eigenvalue weighted by molar-refractivity contribution is 5.88. The fraction of sp³-hybridized carbons (Fsp3) is 0.682. The van der Waals surface area contributed by atoms with Crippen LogP contribution in [-0.2, 0) is 16.1 Å². The number of rotatable bonds is 7. The Bertz CT molecular complexity index is 644. The lowest BCUT2D eigenvalue weighted by Crippen LogP contribution is -2.76. The van der Waals surface area contributed by atoms with Crippen LogP contribution >= 0.6 is 24.8 Å². The Labute approximate surface area is 187 Å². The maximum atomic E-state index is 12.9. The molecule has 7 heteroatoms. The average molecular weight is 446 g/mol. The van der Waals surface area contributed by atoms with E-state index in [0.29, 0.717) is 25.6 Å².